The van der Waals surface area contributed by atoms with Gasteiger partial charge in [-0.3, -0.25) is 0 Å². The van der Waals surface area contributed by atoms with Crippen LogP contribution in [0.1, 0.15) is 0 Å². The van der Waals surface area contributed by atoms with E-state index in [2.05, 4.69) is 15.2 Å². The zero-order chi connectivity index (χ0) is 11.8. The minimum Gasteiger partial charge on any atom is -0.478 e. The molecule has 0 amide bonds. The van der Waals surface area contributed by atoms with Crippen molar-refractivity contribution in [3.8, 4) is 0 Å². The molecule has 0 aliphatic heterocycles. The van der Waals surface area contributed by atoms with Gasteiger partial charge in [-0.2, -0.15) is 4.98 Å². The Morgan fingerprint density at radius 2 is 1.67 bits per heavy atom. The van der Waals surface area contributed by atoms with Crippen LogP contribution >= 0.6 is 0 Å². The van der Waals surface area contributed by atoms with Crippen molar-refractivity contribution in [2.75, 3.05) is 11.5 Å². The fraction of sp³-hybridized carbons (Fsp3) is 0. The maximum absolute atomic E-state index is 9.55. The quantitative estimate of drug-likeness (QED) is 0.378. The van der Waals surface area contributed by atoms with Crippen LogP contribution in [0.5, 0.6) is 0 Å². The average molecular weight is 215 g/mol. The van der Waals surface area contributed by atoms with Gasteiger partial charge in [-0.1, -0.05) is 0 Å². The molecule has 0 aliphatic carbocycles. The lowest BCUT2D eigenvalue weighted by atomic mass is 10.5. The monoisotopic (exact) mass is 215 g/mol. The van der Waals surface area contributed by atoms with Crippen molar-refractivity contribution in [3.63, 3.8) is 0 Å². The molecule has 7 N–H and O–H groups in total. The molecule has 9 nitrogen and oxygen atoms in total. The normalized spacial score (nSPS) is 9.33. The van der Waals surface area contributed by atoms with E-state index in [1.54, 1.807) is 0 Å². The van der Waals surface area contributed by atoms with Crippen LogP contribution in [-0.4, -0.2) is 37.3 Å². The molecule has 82 valence electrons. The number of hydrogen-bond donors (Lipinski definition) is 5. The second kappa shape index (κ2) is 5.96. The van der Waals surface area contributed by atoms with E-state index in [1.807, 2.05) is 0 Å². The summed E-state index contributed by atoms with van der Waals surface area (Å²) in [6.45, 7) is 0. The SMILES string of the molecule is Nc1n[nH]c(N)n1.O=C(O)/C=C\C(=O)O. The highest BCUT2D eigenvalue weighted by molar-refractivity contribution is 5.89. The van der Waals surface area contributed by atoms with Gasteiger partial charge in [-0.25, -0.2) is 14.7 Å². The number of rotatable bonds is 2. The second-order valence-electron chi connectivity index (χ2n) is 2.09. The minimum atomic E-state index is -1.26. The van der Waals surface area contributed by atoms with E-state index in [0.717, 1.165) is 0 Å². The Morgan fingerprint density at radius 1 is 1.20 bits per heavy atom. The molecule has 0 saturated heterocycles. The topological polar surface area (TPSA) is 168 Å². The number of carboxylic acid groups (broad SMARTS) is 2. The lowest BCUT2D eigenvalue weighted by Gasteiger charge is -1.74. The van der Waals surface area contributed by atoms with Crippen LogP contribution in [0.4, 0.5) is 11.9 Å². The van der Waals surface area contributed by atoms with E-state index >= 15 is 0 Å². The highest BCUT2D eigenvalue weighted by atomic mass is 16.4. The van der Waals surface area contributed by atoms with Crippen LogP contribution in [0.3, 0.4) is 0 Å². The first kappa shape index (κ1) is 12.4. The summed E-state index contributed by atoms with van der Waals surface area (Å²) in [5.41, 5.74) is 10.1. The number of carbonyl (C=O) groups is 2. The van der Waals surface area contributed by atoms with Crippen molar-refractivity contribution in [3.05, 3.63) is 12.2 Å². The van der Waals surface area contributed by atoms with Gasteiger partial charge in [0.05, 0.1) is 0 Å². The fourth-order valence-corrected chi connectivity index (χ4v) is 0.431. The lowest BCUT2D eigenvalue weighted by molar-refractivity contribution is -0.134. The van der Waals surface area contributed by atoms with E-state index in [9.17, 15) is 9.59 Å². The summed E-state index contributed by atoms with van der Waals surface area (Å²) in [7, 11) is 0. The molecule has 0 atom stereocenters. The fourth-order valence-electron chi connectivity index (χ4n) is 0.431. The summed E-state index contributed by atoms with van der Waals surface area (Å²) in [5.74, 6) is -2.09. The Balaban J connectivity index is 0.000000262. The molecule has 0 aliphatic rings. The number of nitrogen functional groups attached to an aromatic ring is 2. The largest absolute Gasteiger partial charge is 0.478 e. The standard InChI is InChI=1S/C4H4O4.C2H5N5/c5-3(6)1-2-4(7)8;3-1-5-2(4)7-6-1/h1-2H,(H,5,6)(H,7,8);(H5,3,4,5,6,7)/b2-1-;. The molecule has 0 unspecified atom stereocenters. The minimum absolute atomic E-state index is 0.178. The number of carboxylic acids is 2. The summed E-state index contributed by atoms with van der Waals surface area (Å²) < 4.78 is 0. The summed E-state index contributed by atoms with van der Waals surface area (Å²) >= 11 is 0. The molecule has 1 heterocycles. The van der Waals surface area contributed by atoms with E-state index in [-0.39, 0.29) is 11.9 Å². The molecule has 0 radical (unpaired) electrons. The molecule has 0 saturated carbocycles. The van der Waals surface area contributed by atoms with E-state index in [1.165, 1.54) is 0 Å². The number of aromatic amines is 1. The number of nitrogens with two attached hydrogens (primary N) is 2. The Morgan fingerprint density at radius 3 is 1.80 bits per heavy atom. The zero-order valence-electron chi connectivity index (χ0n) is 7.41. The molecule has 9 heteroatoms. The Bertz CT molecular complexity index is 339. The van der Waals surface area contributed by atoms with Gasteiger partial charge in [0.1, 0.15) is 0 Å². The first-order valence-electron chi connectivity index (χ1n) is 3.49. The van der Waals surface area contributed by atoms with Crippen molar-refractivity contribution < 1.29 is 19.8 Å². The van der Waals surface area contributed by atoms with Gasteiger partial charge in [-0.15, -0.1) is 5.10 Å². The van der Waals surface area contributed by atoms with Crippen LogP contribution < -0.4 is 11.5 Å². The van der Waals surface area contributed by atoms with Crippen LogP contribution in [0, 0.1) is 0 Å². The van der Waals surface area contributed by atoms with E-state index in [0.29, 0.717) is 12.2 Å². The highest BCUT2D eigenvalue weighted by Crippen LogP contribution is 1.89. The Kier molecular flexibility index (Phi) is 4.94. The van der Waals surface area contributed by atoms with Crippen molar-refractivity contribution in [1.29, 1.82) is 0 Å². The van der Waals surface area contributed by atoms with E-state index < -0.39 is 11.9 Å². The van der Waals surface area contributed by atoms with Gasteiger partial charge < -0.3 is 21.7 Å². The number of nitrogens with zero attached hydrogens (tertiary/aromatic N) is 2. The molecule has 0 spiro atoms. The molecule has 0 aromatic carbocycles. The summed E-state index contributed by atoms with van der Waals surface area (Å²) in [5, 5.41) is 21.4. The molecular formula is C6H9N5O4. The summed E-state index contributed by atoms with van der Waals surface area (Å²) in [6, 6.07) is 0. The molecule has 1 rings (SSSR count). The number of aliphatic carboxylic acids is 2. The van der Waals surface area contributed by atoms with Crippen molar-refractivity contribution >= 4 is 23.8 Å². The van der Waals surface area contributed by atoms with Crippen molar-refractivity contribution in [1.82, 2.24) is 15.2 Å². The van der Waals surface area contributed by atoms with Crippen LogP contribution in [0.15, 0.2) is 12.2 Å². The van der Waals surface area contributed by atoms with Crippen LogP contribution in [0.2, 0.25) is 0 Å². The number of nitrogens with one attached hydrogen (secondary N) is 1. The van der Waals surface area contributed by atoms with Gasteiger partial charge in [-0.05, 0) is 0 Å². The molecule has 0 bridgehead atoms. The highest BCUT2D eigenvalue weighted by Gasteiger charge is 1.88. The zero-order valence-corrected chi connectivity index (χ0v) is 7.41. The van der Waals surface area contributed by atoms with Gasteiger partial charge >= 0.3 is 11.9 Å². The van der Waals surface area contributed by atoms with E-state index in [4.69, 9.17) is 21.7 Å². The molecule has 1 aromatic rings. The predicted molar refractivity (Wildman–Crippen MR) is 49.6 cm³/mol. The molecule has 1 aromatic heterocycles. The third kappa shape index (κ3) is 7.77. The van der Waals surface area contributed by atoms with Gasteiger partial charge in [0.2, 0.25) is 11.9 Å². The summed E-state index contributed by atoms with van der Waals surface area (Å²) in [4.78, 5) is 22.6. The Labute approximate surface area is 83.4 Å². The lowest BCUT2D eigenvalue weighted by Crippen LogP contribution is -1.91. The van der Waals surface area contributed by atoms with Gasteiger partial charge in [0.25, 0.3) is 0 Å². The van der Waals surface area contributed by atoms with Crippen molar-refractivity contribution in [2.45, 2.75) is 0 Å². The maximum atomic E-state index is 9.55. The van der Waals surface area contributed by atoms with Crippen LogP contribution in [-0.2, 0) is 9.59 Å². The molecule has 15 heavy (non-hydrogen) atoms. The summed E-state index contributed by atoms with van der Waals surface area (Å²) in [6.07, 6.45) is 1.12. The first-order chi connectivity index (χ1) is 6.91. The predicted octanol–water partition coefficient (Wildman–Crippen LogP) is -1.32. The number of hydrogen-bond acceptors (Lipinski definition) is 6. The maximum Gasteiger partial charge on any atom is 0.328 e. The number of aromatic nitrogens is 3. The van der Waals surface area contributed by atoms with Gasteiger partial charge in [0, 0.05) is 12.2 Å². The number of H-pyrrole nitrogens is 1. The average Bonchev–Trinajstić information content (AvgIpc) is 2.47. The smallest absolute Gasteiger partial charge is 0.328 e. The van der Waals surface area contributed by atoms with Gasteiger partial charge in [0.15, 0.2) is 0 Å². The Hall–Kier alpha value is -2.58. The third-order valence-electron chi connectivity index (χ3n) is 0.888. The van der Waals surface area contributed by atoms with Crippen molar-refractivity contribution in [2.24, 2.45) is 0 Å². The third-order valence-corrected chi connectivity index (χ3v) is 0.888. The molecule has 0 fully saturated rings. The second-order valence-corrected chi connectivity index (χ2v) is 2.09. The number of anilines is 2. The van der Waals surface area contributed by atoms with Crippen LogP contribution in [0.25, 0.3) is 0 Å². The molecular weight excluding hydrogens is 206 g/mol. The first-order valence-corrected chi connectivity index (χ1v) is 3.49.